The molecule has 0 aliphatic carbocycles. The highest BCUT2D eigenvalue weighted by Crippen LogP contribution is 2.21. The predicted octanol–water partition coefficient (Wildman–Crippen LogP) is 3.59. The molecule has 0 aliphatic heterocycles. The molecule has 2 amide bonds. The molecule has 0 aliphatic rings. The number of benzene rings is 2. The molecule has 0 spiro atoms. The molecule has 3 unspecified atom stereocenters. The van der Waals surface area contributed by atoms with Crippen LogP contribution in [0.15, 0.2) is 79.1 Å². The van der Waals surface area contributed by atoms with Crippen LogP contribution in [0.4, 0.5) is 4.79 Å². The molecule has 2 aromatic carbocycles. The number of carbonyl (C=O) groups excluding carboxylic acids is 1. The summed E-state index contributed by atoms with van der Waals surface area (Å²) in [6.45, 7) is 1.64. The van der Waals surface area contributed by atoms with E-state index in [1.165, 1.54) is 0 Å². The third-order valence-corrected chi connectivity index (χ3v) is 5.02. The summed E-state index contributed by atoms with van der Waals surface area (Å²) in [5.41, 5.74) is 3.87. The number of pyridine rings is 1. The quantitative estimate of drug-likeness (QED) is 0.461. The van der Waals surface area contributed by atoms with Crippen molar-refractivity contribution in [2.45, 2.75) is 31.5 Å². The SMILES string of the molecule is CC(NC(=O)NC(CO)CC(O)c1ccccc1)c1ccc(-c2ccncc2)cc1. The molecule has 4 N–H and O–H groups in total. The van der Waals surface area contributed by atoms with Gasteiger partial charge in [-0.1, -0.05) is 54.6 Å². The fourth-order valence-corrected chi connectivity index (χ4v) is 3.28. The average molecular weight is 405 g/mol. The van der Waals surface area contributed by atoms with E-state index in [1.807, 2.05) is 73.7 Å². The topological polar surface area (TPSA) is 94.5 Å². The zero-order valence-electron chi connectivity index (χ0n) is 16.9. The Morgan fingerprint density at radius 3 is 2.17 bits per heavy atom. The fourth-order valence-electron chi connectivity index (χ4n) is 3.28. The van der Waals surface area contributed by atoms with Gasteiger partial charge in [0.05, 0.1) is 24.8 Å². The highest BCUT2D eigenvalue weighted by Gasteiger charge is 2.18. The van der Waals surface area contributed by atoms with Gasteiger partial charge in [0.1, 0.15) is 0 Å². The van der Waals surface area contributed by atoms with Crippen molar-refractivity contribution in [3.05, 3.63) is 90.3 Å². The van der Waals surface area contributed by atoms with Crippen LogP contribution >= 0.6 is 0 Å². The molecule has 3 atom stereocenters. The van der Waals surface area contributed by atoms with Crippen molar-refractivity contribution in [1.82, 2.24) is 15.6 Å². The maximum absolute atomic E-state index is 12.4. The van der Waals surface area contributed by atoms with Crippen molar-refractivity contribution in [3.63, 3.8) is 0 Å². The van der Waals surface area contributed by atoms with Crippen LogP contribution in [-0.4, -0.2) is 33.9 Å². The zero-order valence-corrected chi connectivity index (χ0v) is 16.9. The molecule has 30 heavy (non-hydrogen) atoms. The first-order valence-electron chi connectivity index (χ1n) is 9.98. The predicted molar refractivity (Wildman–Crippen MR) is 117 cm³/mol. The Balaban J connectivity index is 1.54. The molecular weight excluding hydrogens is 378 g/mol. The Morgan fingerprint density at radius 1 is 0.900 bits per heavy atom. The lowest BCUT2D eigenvalue weighted by Gasteiger charge is -2.22. The first-order chi connectivity index (χ1) is 14.6. The zero-order chi connectivity index (χ0) is 21.3. The number of hydrogen-bond donors (Lipinski definition) is 4. The van der Waals surface area contributed by atoms with Gasteiger partial charge in [0.2, 0.25) is 0 Å². The van der Waals surface area contributed by atoms with Crippen LogP contribution < -0.4 is 10.6 Å². The first-order valence-corrected chi connectivity index (χ1v) is 9.98. The van der Waals surface area contributed by atoms with E-state index in [2.05, 4.69) is 15.6 Å². The second-order valence-electron chi connectivity index (χ2n) is 7.24. The molecule has 156 valence electrons. The Hall–Kier alpha value is -3.22. The van der Waals surface area contributed by atoms with E-state index in [0.29, 0.717) is 0 Å². The Bertz CT molecular complexity index is 917. The molecule has 1 aromatic heterocycles. The number of rotatable bonds is 8. The summed E-state index contributed by atoms with van der Waals surface area (Å²) < 4.78 is 0. The summed E-state index contributed by atoms with van der Waals surface area (Å²) in [7, 11) is 0. The van der Waals surface area contributed by atoms with Gasteiger partial charge in [-0.3, -0.25) is 4.98 Å². The number of nitrogens with one attached hydrogen (secondary N) is 2. The van der Waals surface area contributed by atoms with Crippen LogP contribution in [-0.2, 0) is 0 Å². The van der Waals surface area contributed by atoms with E-state index < -0.39 is 12.1 Å². The third kappa shape index (κ3) is 5.89. The normalized spacial score (nSPS) is 13.8. The van der Waals surface area contributed by atoms with E-state index in [1.54, 1.807) is 12.4 Å². The minimum Gasteiger partial charge on any atom is -0.394 e. The lowest BCUT2D eigenvalue weighted by molar-refractivity contribution is 0.130. The smallest absolute Gasteiger partial charge is 0.315 e. The minimum absolute atomic E-state index is 0.213. The van der Waals surface area contributed by atoms with Crippen molar-refractivity contribution >= 4 is 6.03 Å². The van der Waals surface area contributed by atoms with Gasteiger partial charge in [-0.15, -0.1) is 0 Å². The third-order valence-electron chi connectivity index (χ3n) is 5.02. The Kier molecular flexibility index (Phi) is 7.54. The molecular formula is C24H27N3O3. The lowest BCUT2D eigenvalue weighted by atomic mass is 10.0. The Morgan fingerprint density at radius 2 is 1.53 bits per heavy atom. The van der Waals surface area contributed by atoms with Crippen LogP contribution in [0, 0.1) is 0 Å². The fraction of sp³-hybridized carbons (Fsp3) is 0.250. The van der Waals surface area contributed by atoms with Gasteiger partial charge < -0.3 is 20.8 Å². The van der Waals surface area contributed by atoms with Crippen LogP contribution in [0.1, 0.15) is 36.6 Å². The average Bonchev–Trinajstić information content (AvgIpc) is 2.79. The number of aliphatic hydroxyl groups excluding tert-OH is 2. The van der Waals surface area contributed by atoms with Gasteiger partial charge in [0.25, 0.3) is 0 Å². The van der Waals surface area contributed by atoms with Crippen molar-refractivity contribution < 1.29 is 15.0 Å². The van der Waals surface area contributed by atoms with E-state index in [9.17, 15) is 15.0 Å². The monoisotopic (exact) mass is 405 g/mol. The van der Waals surface area contributed by atoms with Crippen LogP contribution in [0.25, 0.3) is 11.1 Å². The maximum Gasteiger partial charge on any atom is 0.315 e. The van der Waals surface area contributed by atoms with Gasteiger partial charge in [-0.2, -0.15) is 0 Å². The van der Waals surface area contributed by atoms with Crippen LogP contribution in [0.5, 0.6) is 0 Å². The number of nitrogens with zero attached hydrogens (tertiary/aromatic N) is 1. The molecule has 1 heterocycles. The number of amides is 2. The van der Waals surface area contributed by atoms with E-state index in [-0.39, 0.29) is 25.1 Å². The summed E-state index contributed by atoms with van der Waals surface area (Å²) in [6, 6.07) is 19.9. The van der Waals surface area contributed by atoms with Crippen molar-refractivity contribution in [1.29, 1.82) is 0 Å². The van der Waals surface area contributed by atoms with E-state index in [0.717, 1.165) is 22.3 Å². The second-order valence-corrected chi connectivity index (χ2v) is 7.24. The highest BCUT2D eigenvalue weighted by molar-refractivity contribution is 5.75. The maximum atomic E-state index is 12.4. The standard InChI is InChI=1S/C24H27N3O3/c1-17(18-7-9-19(10-8-18)20-11-13-25-14-12-20)26-24(30)27-22(16-28)15-23(29)21-5-3-2-4-6-21/h2-14,17,22-23,28-29H,15-16H2,1H3,(H2,26,27,30). The summed E-state index contributed by atoms with van der Waals surface area (Å²) in [5.74, 6) is 0. The number of carbonyl (C=O) groups is 1. The first kappa shape index (κ1) is 21.5. The minimum atomic E-state index is -0.762. The van der Waals surface area contributed by atoms with E-state index in [4.69, 9.17) is 0 Å². The van der Waals surface area contributed by atoms with Gasteiger partial charge in [-0.05, 0) is 47.7 Å². The van der Waals surface area contributed by atoms with Gasteiger partial charge in [-0.25, -0.2) is 4.79 Å². The van der Waals surface area contributed by atoms with Crippen LogP contribution in [0.3, 0.4) is 0 Å². The molecule has 0 fully saturated rings. The number of hydrogen-bond acceptors (Lipinski definition) is 4. The summed E-state index contributed by atoms with van der Waals surface area (Å²) in [4.78, 5) is 16.4. The molecule has 3 aromatic rings. The van der Waals surface area contributed by atoms with Gasteiger partial charge in [0, 0.05) is 12.4 Å². The number of aromatic nitrogens is 1. The number of urea groups is 1. The molecule has 0 bridgehead atoms. The molecule has 0 radical (unpaired) electrons. The summed E-state index contributed by atoms with van der Waals surface area (Å²) in [5, 5.41) is 25.5. The molecule has 6 heteroatoms. The summed E-state index contributed by atoms with van der Waals surface area (Å²) >= 11 is 0. The van der Waals surface area contributed by atoms with Crippen molar-refractivity contribution in [2.24, 2.45) is 0 Å². The molecule has 0 saturated carbocycles. The molecule has 3 rings (SSSR count). The van der Waals surface area contributed by atoms with Gasteiger partial charge in [0.15, 0.2) is 0 Å². The highest BCUT2D eigenvalue weighted by atomic mass is 16.3. The lowest BCUT2D eigenvalue weighted by Crippen LogP contribution is -2.45. The van der Waals surface area contributed by atoms with Crippen molar-refractivity contribution in [2.75, 3.05) is 6.61 Å². The van der Waals surface area contributed by atoms with Crippen LogP contribution in [0.2, 0.25) is 0 Å². The van der Waals surface area contributed by atoms with Crippen molar-refractivity contribution in [3.8, 4) is 11.1 Å². The Labute approximate surface area is 176 Å². The van der Waals surface area contributed by atoms with E-state index >= 15 is 0 Å². The van der Waals surface area contributed by atoms with Gasteiger partial charge >= 0.3 is 6.03 Å². The molecule has 0 saturated heterocycles. The number of aliphatic hydroxyl groups is 2. The largest absolute Gasteiger partial charge is 0.394 e. The summed E-state index contributed by atoms with van der Waals surface area (Å²) in [6.07, 6.45) is 2.97. The molecule has 6 nitrogen and oxygen atoms in total. The second kappa shape index (κ2) is 10.5.